The minimum Gasteiger partial charge on any atom is -0.381 e. The van der Waals surface area contributed by atoms with E-state index >= 15 is 0 Å². The lowest BCUT2D eigenvalue weighted by Gasteiger charge is -2.36. The number of benzene rings is 5. The van der Waals surface area contributed by atoms with Crippen LogP contribution in [0.5, 0.6) is 0 Å². The Morgan fingerprint density at radius 1 is 0.596 bits per heavy atom. The Morgan fingerprint density at radius 3 is 1.98 bits per heavy atom. The van der Waals surface area contributed by atoms with Gasteiger partial charge in [-0.25, -0.2) is 0 Å². The Bertz CT molecular complexity index is 2750. The molecular weight excluding hydrogens is 689 g/mol. The van der Waals surface area contributed by atoms with Crippen LogP contribution in [0.2, 0.25) is 0 Å². The fourth-order valence-corrected chi connectivity index (χ4v) is 9.88. The second-order valence-electron chi connectivity index (χ2n) is 16.1. The average molecular weight is 737 g/mol. The van der Waals surface area contributed by atoms with Crippen LogP contribution in [0, 0.1) is 5.92 Å². The summed E-state index contributed by atoms with van der Waals surface area (Å²) in [7, 11) is 0. The number of rotatable bonds is 7. The molecule has 5 aromatic carbocycles. The minimum absolute atomic E-state index is 0.328. The Kier molecular flexibility index (Phi) is 9.48. The quantitative estimate of drug-likeness (QED) is 0.177. The molecule has 2 nitrogen and oxygen atoms in total. The van der Waals surface area contributed by atoms with Crippen molar-refractivity contribution < 1.29 is 0 Å². The third kappa shape index (κ3) is 6.74. The normalized spacial score (nSPS) is 20.2. The first-order valence-electron chi connectivity index (χ1n) is 20.8. The van der Waals surface area contributed by atoms with Gasteiger partial charge >= 0.3 is 0 Å². The van der Waals surface area contributed by atoms with E-state index in [1.807, 2.05) is 12.3 Å². The van der Waals surface area contributed by atoms with Crippen LogP contribution in [0.4, 0.5) is 0 Å². The molecule has 2 heterocycles. The SMILES string of the molecule is CC1C(c2ccccc2)C=C(c2ccc3c(C4=CC=C(C5=CC=CCN5)CC4)c4c(c(-c5ccc(-c6ccccn6)cc5)c3c2)=CCCC=4)CC1c1ccccc1. The van der Waals surface area contributed by atoms with Crippen molar-refractivity contribution in [3.05, 3.63) is 208 Å². The maximum absolute atomic E-state index is 4.66. The highest BCUT2D eigenvalue weighted by Crippen LogP contribution is 2.48. The Morgan fingerprint density at radius 2 is 1.28 bits per heavy atom. The van der Waals surface area contributed by atoms with Crippen LogP contribution in [0.25, 0.3) is 56.5 Å². The number of fused-ring (bicyclic) bond motifs is 2. The topological polar surface area (TPSA) is 24.9 Å². The maximum Gasteiger partial charge on any atom is 0.0701 e. The molecule has 0 amide bonds. The third-order valence-corrected chi connectivity index (χ3v) is 12.8. The van der Waals surface area contributed by atoms with Crippen LogP contribution in [0.3, 0.4) is 0 Å². The van der Waals surface area contributed by atoms with Crippen molar-refractivity contribution in [1.29, 1.82) is 0 Å². The number of dihydropyridines is 1. The lowest BCUT2D eigenvalue weighted by molar-refractivity contribution is 0.410. The van der Waals surface area contributed by atoms with Gasteiger partial charge in [-0.3, -0.25) is 4.98 Å². The largest absolute Gasteiger partial charge is 0.381 e. The summed E-state index contributed by atoms with van der Waals surface area (Å²) in [5.74, 6) is 1.22. The first kappa shape index (κ1) is 35.2. The van der Waals surface area contributed by atoms with Crippen molar-refractivity contribution in [2.24, 2.45) is 5.92 Å². The second kappa shape index (κ2) is 15.4. The molecule has 1 N–H and O–H groups in total. The second-order valence-corrected chi connectivity index (χ2v) is 16.1. The molecule has 3 unspecified atom stereocenters. The maximum atomic E-state index is 4.66. The van der Waals surface area contributed by atoms with Gasteiger partial charge in [0.25, 0.3) is 0 Å². The predicted molar refractivity (Wildman–Crippen MR) is 241 cm³/mol. The van der Waals surface area contributed by atoms with Crippen LogP contribution in [0.15, 0.2) is 175 Å². The van der Waals surface area contributed by atoms with E-state index in [1.54, 1.807) is 0 Å². The first-order valence-corrected chi connectivity index (χ1v) is 20.8. The molecule has 6 aromatic rings. The highest BCUT2D eigenvalue weighted by molar-refractivity contribution is 6.05. The summed E-state index contributed by atoms with van der Waals surface area (Å²) in [5, 5.41) is 9.04. The number of nitrogens with one attached hydrogen (secondary N) is 1. The zero-order valence-corrected chi connectivity index (χ0v) is 32.7. The summed E-state index contributed by atoms with van der Waals surface area (Å²) in [5.41, 5.74) is 15.8. The highest BCUT2D eigenvalue weighted by atomic mass is 14.9. The molecular formula is C55H48N2. The summed E-state index contributed by atoms with van der Waals surface area (Å²) >= 11 is 0. The van der Waals surface area contributed by atoms with Gasteiger partial charge in [-0.1, -0.05) is 153 Å². The monoisotopic (exact) mass is 736 g/mol. The number of allylic oxidation sites excluding steroid dienone is 8. The highest BCUT2D eigenvalue weighted by Gasteiger charge is 2.33. The molecule has 0 bridgehead atoms. The van der Waals surface area contributed by atoms with E-state index in [0.717, 1.165) is 49.9 Å². The van der Waals surface area contributed by atoms with Crippen LogP contribution in [0.1, 0.15) is 73.1 Å². The average Bonchev–Trinajstić information content (AvgIpc) is 3.29. The summed E-state index contributed by atoms with van der Waals surface area (Å²) < 4.78 is 0. The van der Waals surface area contributed by atoms with Gasteiger partial charge in [-0.2, -0.15) is 0 Å². The third-order valence-electron chi connectivity index (χ3n) is 12.8. The lowest BCUT2D eigenvalue weighted by Crippen LogP contribution is -2.33. The fourth-order valence-electron chi connectivity index (χ4n) is 9.88. The molecule has 1 aliphatic heterocycles. The van der Waals surface area contributed by atoms with E-state index in [9.17, 15) is 0 Å². The molecule has 10 rings (SSSR count). The van der Waals surface area contributed by atoms with E-state index in [0.29, 0.717) is 17.8 Å². The number of aromatic nitrogens is 1. The standard InChI is InChI=1S/C55H48N2/c1-37-49(38-14-4-2-5-15-38)35-45(36-50(37)39-16-6-3-7-17-39)44-30-31-48-51(34-44)55(43-28-24-41(25-29-43)53-21-11-13-33-57-53)47-19-9-8-18-46(47)54(48)42-26-22-40(23-27-42)52-20-10-12-32-56-52/h2-7,10-22,24-26,28-31,33-35,37,49-50,56H,8-9,23,27,32,36H2,1H3. The number of nitrogens with zero attached hydrogens (tertiary/aromatic N) is 1. The smallest absolute Gasteiger partial charge is 0.0701 e. The van der Waals surface area contributed by atoms with Crippen LogP contribution in [-0.4, -0.2) is 11.5 Å². The zero-order valence-electron chi connectivity index (χ0n) is 32.7. The Balaban J connectivity index is 1.18. The molecule has 0 saturated carbocycles. The van der Waals surface area contributed by atoms with Gasteiger partial charge in [-0.15, -0.1) is 0 Å². The predicted octanol–water partition coefficient (Wildman–Crippen LogP) is 12.1. The summed E-state index contributed by atoms with van der Waals surface area (Å²) in [6, 6.07) is 45.1. The molecule has 57 heavy (non-hydrogen) atoms. The van der Waals surface area contributed by atoms with Gasteiger partial charge in [0.15, 0.2) is 0 Å². The van der Waals surface area contributed by atoms with Gasteiger partial charge < -0.3 is 5.32 Å². The van der Waals surface area contributed by atoms with E-state index < -0.39 is 0 Å². The van der Waals surface area contributed by atoms with Gasteiger partial charge in [0.05, 0.1) is 5.69 Å². The number of pyridine rings is 1. The summed E-state index contributed by atoms with van der Waals surface area (Å²) in [6.07, 6.45) is 26.0. The van der Waals surface area contributed by atoms with Crippen LogP contribution >= 0.6 is 0 Å². The van der Waals surface area contributed by atoms with Crippen molar-refractivity contribution in [2.75, 3.05) is 6.54 Å². The van der Waals surface area contributed by atoms with Crippen molar-refractivity contribution in [3.63, 3.8) is 0 Å². The summed E-state index contributed by atoms with van der Waals surface area (Å²) in [6.45, 7) is 3.35. The van der Waals surface area contributed by atoms with Gasteiger partial charge in [0, 0.05) is 29.9 Å². The van der Waals surface area contributed by atoms with E-state index in [1.165, 1.54) is 77.0 Å². The molecule has 0 saturated heterocycles. The molecule has 278 valence electrons. The molecule has 3 atom stereocenters. The molecule has 0 spiro atoms. The van der Waals surface area contributed by atoms with Crippen LogP contribution < -0.4 is 15.8 Å². The molecule has 0 fully saturated rings. The molecule has 4 aliphatic rings. The van der Waals surface area contributed by atoms with Crippen molar-refractivity contribution in [3.8, 4) is 22.4 Å². The Labute approximate surface area is 336 Å². The van der Waals surface area contributed by atoms with E-state index in [4.69, 9.17) is 0 Å². The Hall–Kier alpha value is -6.25. The zero-order chi connectivity index (χ0) is 38.1. The number of hydrogen-bond donors (Lipinski definition) is 1. The molecule has 0 radical (unpaired) electrons. The molecule has 3 aliphatic carbocycles. The first-order chi connectivity index (χ1) is 28.2. The summed E-state index contributed by atoms with van der Waals surface area (Å²) in [4.78, 5) is 4.66. The number of hydrogen-bond acceptors (Lipinski definition) is 2. The van der Waals surface area contributed by atoms with E-state index in [2.05, 4.69) is 181 Å². The van der Waals surface area contributed by atoms with Crippen LogP contribution in [-0.2, 0) is 0 Å². The van der Waals surface area contributed by atoms with Gasteiger partial charge in [-0.05, 0) is 140 Å². The fraction of sp³-hybridized carbons (Fsp3) is 0.182. The van der Waals surface area contributed by atoms with Gasteiger partial charge in [0.1, 0.15) is 0 Å². The van der Waals surface area contributed by atoms with Gasteiger partial charge in [0.2, 0.25) is 0 Å². The lowest BCUT2D eigenvalue weighted by atomic mass is 9.68. The molecule has 2 heteroatoms. The van der Waals surface area contributed by atoms with Crippen molar-refractivity contribution in [2.45, 2.75) is 50.9 Å². The van der Waals surface area contributed by atoms with Crippen molar-refractivity contribution >= 4 is 34.1 Å². The molecule has 1 aromatic heterocycles. The van der Waals surface area contributed by atoms with Crippen molar-refractivity contribution in [1.82, 2.24) is 10.3 Å². The van der Waals surface area contributed by atoms with E-state index in [-0.39, 0.29) is 0 Å². The minimum atomic E-state index is 0.328.